The Morgan fingerprint density at radius 2 is 1.62 bits per heavy atom. The zero-order chi connectivity index (χ0) is 27.8. The number of nitrogens with one attached hydrogen (secondary N) is 3. The van der Waals surface area contributed by atoms with Gasteiger partial charge in [-0.15, -0.1) is 24.9 Å². The van der Waals surface area contributed by atoms with Gasteiger partial charge in [0, 0.05) is 28.8 Å². The summed E-state index contributed by atoms with van der Waals surface area (Å²) >= 11 is 1.53. The molecule has 4 aliphatic heterocycles. The highest BCUT2D eigenvalue weighted by Gasteiger charge is 2.51. The average Bonchev–Trinajstić information content (AvgIpc) is 3.50. The summed E-state index contributed by atoms with van der Waals surface area (Å²) < 4.78 is 89.2. The maximum atomic E-state index is 13.9. The van der Waals surface area contributed by atoms with Gasteiger partial charge in [-0.3, -0.25) is 10.2 Å². The molecule has 4 fully saturated rings. The summed E-state index contributed by atoms with van der Waals surface area (Å²) in [4.78, 5) is 3.23. The lowest BCUT2D eigenvalue weighted by atomic mass is 9.93. The molecular formula is C25H35F6N5O2S. The second-order valence-electron chi connectivity index (χ2n) is 10.8. The van der Waals surface area contributed by atoms with Crippen LogP contribution in [0.2, 0.25) is 0 Å². The average molecular weight is 584 g/mol. The van der Waals surface area contributed by atoms with Crippen molar-refractivity contribution in [1.29, 1.82) is 0 Å². The number of nitrogens with zero attached hydrogens (tertiary/aromatic N) is 1. The Kier molecular flexibility index (Phi) is 8.92. The van der Waals surface area contributed by atoms with Crippen LogP contribution < -0.4 is 26.6 Å². The minimum atomic E-state index is -4.76. The Labute approximate surface area is 227 Å². The number of nitrogens with two attached hydrogens (primary N) is 1. The summed E-state index contributed by atoms with van der Waals surface area (Å²) in [5.74, 6) is -1.91. The molecule has 7 nitrogen and oxygen atoms in total. The number of halogens is 6. The lowest BCUT2D eigenvalue weighted by Crippen LogP contribution is -2.69. The van der Waals surface area contributed by atoms with Crippen LogP contribution in [0.3, 0.4) is 0 Å². The number of fused-ring (bicyclic) bond motifs is 7. The molecule has 0 radical (unpaired) electrons. The molecule has 0 aromatic heterocycles. The third-order valence-corrected chi connectivity index (χ3v) is 9.43. The lowest BCUT2D eigenvalue weighted by Gasteiger charge is -2.47. The second-order valence-corrected chi connectivity index (χ2v) is 12.1. The van der Waals surface area contributed by atoms with E-state index in [0.717, 1.165) is 43.5 Å². The Hall–Kier alpha value is -1.29. The topological polar surface area (TPSA) is 83.8 Å². The van der Waals surface area contributed by atoms with Crippen LogP contribution in [-0.4, -0.2) is 66.0 Å². The molecule has 4 bridgehead atoms. The van der Waals surface area contributed by atoms with Crippen molar-refractivity contribution in [3.8, 4) is 5.75 Å². The number of hydrazine groups is 1. The van der Waals surface area contributed by atoms with Crippen molar-refractivity contribution in [3.63, 3.8) is 0 Å². The van der Waals surface area contributed by atoms with Gasteiger partial charge in [-0.2, -0.15) is 13.2 Å². The van der Waals surface area contributed by atoms with E-state index < -0.39 is 43.0 Å². The van der Waals surface area contributed by atoms with Gasteiger partial charge in [-0.1, -0.05) is 19.3 Å². The molecule has 0 saturated carbocycles. The first-order chi connectivity index (χ1) is 18.5. The van der Waals surface area contributed by atoms with Crippen molar-refractivity contribution in [2.45, 2.75) is 111 Å². The maximum Gasteiger partial charge on any atom is 0.573 e. The molecule has 39 heavy (non-hydrogen) atoms. The van der Waals surface area contributed by atoms with Crippen molar-refractivity contribution in [2.75, 3.05) is 6.54 Å². The smallest absolute Gasteiger partial charge is 0.406 e. The standard InChI is InChI=1S/C25H35F6N5O2S/c26-24(27,28)17-7-3-1-2-5-14-6-4-12-36(14)21-19(13-18(32)20(33-21)23-35-34-22(17)37-23)39-16-10-8-15(9-11-16)38-25(29,30)31/h8-11,14,17-23,33-35H,1-7,12-13,32H2/t14-,17?,18?,19?,20?,21?,22?,23?/m1/s1. The van der Waals surface area contributed by atoms with E-state index in [-0.39, 0.29) is 23.6 Å². The number of rotatable bonds is 3. The minimum absolute atomic E-state index is 0.00222. The van der Waals surface area contributed by atoms with Crippen LogP contribution in [0.1, 0.15) is 51.4 Å². The Balaban J connectivity index is 1.36. The van der Waals surface area contributed by atoms with Gasteiger partial charge in [-0.25, -0.2) is 10.9 Å². The highest BCUT2D eigenvalue weighted by Crippen LogP contribution is 2.40. The molecule has 7 unspecified atom stereocenters. The second kappa shape index (κ2) is 11.9. The van der Waals surface area contributed by atoms with Crippen molar-refractivity contribution in [2.24, 2.45) is 11.7 Å². The van der Waals surface area contributed by atoms with E-state index in [1.807, 2.05) is 0 Å². The van der Waals surface area contributed by atoms with E-state index in [9.17, 15) is 26.3 Å². The third-order valence-electron chi connectivity index (χ3n) is 8.13. The third kappa shape index (κ3) is 7.14. The molecule has 14 heteroatoms. The van der Waals surface area contributed by atoms with Crippen molar-refractivity contribution in [1.82, 2.24) is 21.1 Å². The molecule has 4 aliphatic rings. The fraction of sp³-hybridized carbons (Fsp3) is 0.760. The highest BCUT2D eigenvalue weighted by molar-refractivity contribution is 8.00. The first-order valence-corrected chi connectivity index (χ1v) is 14.4. The molecule has 8 atom stereocenters. The molecule has 0 spiro atoms. The number of piperidine rings is 1. The number of hydrogen-bond donors (Lipinski definition) is 4. The van der Waals surface area contributed by atoms with Gasteiger partial charge in [0.15, 0.2) is 0 Å². The molecule has 5 rings (SSSR count). The number of alkyl halides is 6. The molecule has 220 valence electrons. The molecule has 0 aliphatic carbocycles. The first kappa shape index (κ1) is 29.2. The van der Waals surface area contributed by atoms with Gasteiger partial charge in [-0.05, 0) is 56.4 Å². The predicted octanol–water partition coefficient (Wildman–Crippen LogP) is 4.44. The first-order valence-electron chi connectivity index (χ1n) is 13.5. The summed E-state index contributed by atoms with van der Waals surface area (Å²) in [5.41, 5.74) is 12.2. The van der Waals surface area contributed by atoms with Crippen LogP contribution in [0.15, 0.2) is 29.2 Å². The molecular weight excluding hydrogens is 548 g/mol. The monoisotopic (exact) mass is 583 g/mol. The van der Waals surface area contributed by atoms with Gasteiger partial charge in [0.25, 0.3) is 0 Å². The molecule has 5 N–H and O–H groups in total. The fourth-order valence-corrected chi connectivity index (χ4v) is 7.63. The predicted molar refractivity (Wildman–Crippen MR) is 133 cm³/mol. The van der Waals surface area contributed by atoms with E-state index in [1.165, 1.54) is 23.9 Å². The summed E-state index contributed by atoms with van der Waals surface area (Å²) in [7, 11) is 0. The van der Waals surface area contributed by atoms with Crippen LogP contribution in [0.5, 0.6) is 5.75 Å². The lowest BCUT2D eigenvalue weighted by molar-refractivity contribution is -0.274. The minimum Gasteiger partial charge on any atom is -0.406 e. The van der Waals surface area contributed by atoms with Gasteiger partial charge in [0.1, 0.15) is 18.2 Å². The quantitative estimate of drug-likeness (QED) is 0.389. The molecule has 4 heterocycles. The Morgan fingerprint density at radius 1 is 0.923 bits per heavy atom. The molecule has 0 amide bonds. The van der Waals surface area contributed by atoms with Crippen LogP contribution in [0.25, 0.3) is 0 Å². The zero-order valence-electron chi connectivity index (χ0n) is 21.3. The Morgan fingerprint density at radius 3 is 2.33 bits per heavy atom. The van der Waals surface area contributed by atoms with E-state index in [1.54, 1.807) is 12.1 Å². The van der Waals surface area contributed by atoms with Crippen LogP contribution in [-0.2, 0) is 4.74 Å². The fourth-order valence-electron chi connectivity index (χ4n) is 6.30. The van der Waals surface area contributed by atoms with Crippen LogP contribution >= 0.6 is 11.8 Å². The summed E-state index contributed by atoms with van der Waals surface area (Å²) in [6.07, 6.45) is -5.69. The molecule has 1 aromatic rings. The van der Waals surface area contributed by atoms with Crippen LogP contribution in [0.4, 0.5) is 26.3 Å². The summed E-state index contributed by atoms with van der Waals surface area (Å²) in [6.45, 7) is 0.885. The number of benzene rings is 1. The van der Waals surface area contributed by atoms with E-state index in [2.05, 4.69) is 25.8 Å². The largest absolute Gasteiger partial charge is 0.573 e. The van der Waals surface area contributed by atoms with E-state index >= 15 is 0 Å². The SMILES string of the molecule is NC1CC(Sc2ccc(OC(F)(F)F)cc2)C2NC1C1NNC(O1)C(C(F)(F)F)CCCCC[C@@H]1CCCN21. The summed E-state index contributed by atoms with van der Waals surface area (Å²) in [6, 6.07) is 5.21. The van der Waals surface area contributed by atoms with Crippen molar-refractivity contribution >= 4 is 11.8 Å². The highest BCUT2D eigenvalue weighted by atomic mass is 32.2. The van der Waals surface area contributed by atoms with E-state index in [0.29, 0.717) is 18.9 Å². The summed E-state index contributed by atoms with van der Waals surface area (Å²) in [5, 5.41) is 3.59. The normalized spacial score (nSPS) is 36.8. The number of hydrogen-bond acceptors (Lipinski definition) is 8. The van der Waals surface area contributed by atoms with Crippen molar-refractivity contribution < 1.29 is 35.8 Å². The van der Waals surface area contributed by atoms with Gasteiger partial charge in [0.2, 0.25) is 0 Å². The van der Waals surface area contributed by atoms with Gasteiger partial charge in [0.05, 0.1) is 18.1 Å². The number of ether oxygens (including phenoxy) is 2. The molecule has 1 aromatic carbocycles. The van der Waals surface area contributed by atoms with Crippen LogP contribution in [0, 0.1) is 5.92 Å². The van der Waals surface area contributed by atoms with Gasteiger partial charge >= 0.3 is 12.5 Å². The Bertz CT molecular complexity index is 954. The van der Waals surface area contributed by atoms with Crippen molar-refractivity contribution in [3.05, 3.63) is 24.3 Å². The molecule has 4 saturated heterocycles. The van der Waals surface area contributed by atoms with E-state index in [4.69, 9.17) is 10.5 Å². The zero-order valence-corrected chi connectivity index (χ0v) is 22.1. The number of thioether (sulfide) groups is 1. The van der Waals surface area contributed by atoms with Gasteiger partial charge < -0.3 is 15.2 Å². The maximum absolute atomic E-state index is 13.9.